The van der Waals surface area contributed by atoms with E-state index in [2.05, 4.69) is 5.10 Å². The van der Waals surface area contributed by atoms with Crippen molar-refractivity contribution in [2.45, 2.75) is 25.7 Å². The summed E-state index contributed by atoms with van der Waals surface area (Å²) in [6.07, 6.45) is -10.9. The topological polar surface area (TPSA) is 41.5 Å². The highest BCUT2D eigenvalue weighted by molar-refractivity contribution is 5.99. The zero-order valence-corrected chi connectivity index (χ0v) is 10.6. The molecule has 9 heteroatoms. The van der Waals surface area contributed by atoms with Gasteiger partial charge in [-0.3, -0.25) is 4.79 Å². The van der Waals surface area contributed by atoms with Gasteiger partial charge in [-0.2, -0.15) is 31.4 Å². The van der Waals surface area contributed by atoms with Gasteiger partial charge in [0.1, 0.15) is 6.42 Å². The number of carbonyl (C=O) groups excluding carboxylic acids is 1. The van der Waals surface area contributed by atoms with Crippen LogP contribution in [0.5, 0.6) is 0 Å². The minimum absolute atomic E-state index is 0.0390. The monoisotopic (exact) mass is 312 g/mol. The lowest BCUT2D eigenvalue weighted by Gasteiger charge is -2.09. The van der Waals surface area contributed by atoms with Gasteiger partial charge in [0.05, 0.1) is 11.3 Å². The fourth-order valence-corrected chi connectivity index (χ4v) is 1.35. The molecule has 0 saturated carbocycles. The molecular formula is C12H10F6N2O. The number of nitrogens with zero attached hydrogens (tertiary/aromatic N) is 1. The zero-order chi connectivity index (χ0) is 16.3. The van der Waals surface area contributed by atoms with E-state index in [4.69, 9.17) is 0 Å². The molecule has 1 aromatic carbocycles. The molecule has 116 valence electrons. The highest BCUT2D eigenvalue weighted by Gasteiger charge is 2.31. The predicted octanol–water partition coefficient (Wildman–Crippen LogP) is 3.50. The van der Waals surface area contributed by atoms with Crippen LogP contribution in [0.4, 0.5) is 26.3 Å². The first-order valence-corrected chi connectivity index (χ1v) is 5.56. The first-order valence-electron chi connectivity index (χ1n) is 5.56. The molecule has 1 N–H and O–H groups in total. The molecular weight excluding hydrogens is 302 g/mol. The number of hydrogen-bond acceptors (Lipinski definition) is 2. The Hall–Kier alpha value is -2.06. The first-order chi connectivity index (χ1) is 9.49. The van der Waals surface area contributed by atoms with Crippen molar-refractivity contribution in [3.8, 4) is 0 Å². The van der Waals surface area contributed by atoms with E-state index in [0.29, 0.717) is 0 Å². The number of carbonyl (C=O) groups is 1. The smallest absolute Gasteiger partial charge is 0.273 e. The van der Waals surface area contributed by atoms with Gasteiger partial charge in [0, 0.05) is 0 Å². The van der Waals surface area contributed by atoms with Gasteiger partial charge < -0.3 is 0 Å². The van der Waals surface area contributed by atoms with E-state index in [1.807, 2.05) is 0 Å². The lowest BCUT2D eigenvalue weighted by atomic mass is 10.1. The number of alkyl halides is 6. The Kier molecular flexibility index (Phi) is 4.97. The summed E-state index contributed by atoms with van der Waals surface area (Å²) in [5.41, 5.74) is 0.717. The Bertz CT molecular complexity index is 547. The average Bonchev–Trinajstić information content (AvgIpc) is 2.33. The van der Waals surface area contributed by atoms with Crippen LogP contribution in [-0.2, 0) is 11.0 Å². The second kappa shape index (κ2) is 6.15. The van der Waals surface area contributed by atoms with Crippen molar-refractivity contribution >= 4 is 11.6 Å². The van der Waals surface area contributed by atoms with Gasteiger partial charge in [0.25, 0.3) is 0 Å². The van der Waals surface area contributed by atoms with E-state index in [-0.39, 0.29) is 11.3 Å². The Morgan fingerprint density at radius 3 is 2.33 bits per heavy atom. The van der Waals surface area contributed by atoms with Crippen molar-refractivity contribution in [1.29, 1.82) is 0 Å². The maximum Gasteiger partial charge on any atom is 0.416 e. The lowest BCUT2D eigenvalue weighted by Crippen LogP contribution is -2.25. The zero-order valence-electron chi connectivity index (χ0n) is 10.6. The van der Waals surface area contributed by atoms with Crippen molar-refractivity contribution in [2.75, 3.05) is 0 Å². The lowest BCUT2D eigenvalue weighted by molar-refractivity contribution is -0.153. The van der Waals surface area contributed by atoms with Crippen LogP contribution >= 0.6 is 0 Å². The fraction of sp³-hybridized carbons (Fsp3) is 0.333. The molecule has 0 fully saturated rings. The SMILES string of the molecule is C/C(=N\NC(=O)CC(F)(F)F)c1cccc(C(F)(F)F)c1. The molecule has 0 aliphatic carbocycles. The quantitative estimate of drug-likeness (QED) is 0.518. The summed E-state index contributed by atoms with van der Waals surface area (Å²) in [6.45, 7) is 1.27. The predicted molar refractivity (Wildman–Crippen MR) is 62.5 cm³/mol. The largest absolute Gasteiger partial charge is 0.416 e. The average molecular weight is 312 g/mol. The Morgan fingerprint density at radius 2 is 1.81 bits per heavy atom. The van der Waals surface area contributed by atoms with E-state index in [9.17, 15) is 31.1 Å². The van der Waals surface area contributed by atoms with Crippen molar-refractivity contribution in [3.05, 3.63) is 35.4 Å². The molecule has 0 atom stereocenters. The van der Waals surface area contributed by atoms with Gasteiger partial charge in [-0.25, -0.2) is 5.43 Å². The summed E-state index contributed by atoms with van der Waals surface area (Å²) in [6, 6.07) is 4.06. The molecule has 0 aromatic heterocycles. The third-order valence-electron chi connectivity index (χ3n) is 2.32. The van der Waals surface area contributed by atoms with Crippen LogP contribution in [-0.4, -0.2) is 17.8 Å². The number of hydrazone groups is 1. The summed E-state index contributed by atoms with van der Waals surface area (Å²) in [5, 5.41) is 3.35. The van der Waals surface area contributed by atoms with Gasteiger partial charge in [0.2, 0.25) is 5.91 Å². The fourth-order valence-electron chi connectivity index (χ4n) is 1.35. The van der Waals surface area contributed by atoms with Crippen molar-refractivity contribution in [3.63, 3.8) is 0 Å². The van der Waals surface area contributed by atoms with Crippen LogP contribution in [0.25, 0.3) is 0 Å². The van der Waals surface area contributed by atoms with Gasteiger partial charge in [0.15, 0.2) is 0 Å². The van der Waals surface area contributed by atoms with Crippen LogP contribution in [0, 0.1) is 0 Å². The number of halogens is 6. The summed E-state index contributed by atoms with van der Waals surface area (Å²) in [7, 11) is 0. The Morgan fingerprint density at radius 1 is 1.19 bits per heavy atom. The van der Waals surface area contributed by atoms with Gasteiger partial charge in [-0.1, -0.05) is 12.1 Å². The standard InChI is InChI=1S/C12H10F6N2O/c1-7(19-20-10(21)6-11(13,14)15)8-3-2-4-9(5-8)12(16,17)18/h2-5H,6H2,1H3,(H,20,21)/b19-7+. The normalized spacial score (nSPS) is 13.2. The molecule has 0 bridgehead atoms. The van der Waals surface area contributed by atoms with Crippen LogP contribution in [0.2, 0.25) is 0 Å². The molecule has 1 aromatic rings. The number of amides is 1. The van der Waals surface area contributed by atoms with E-state index < -0.39 is 30.2 Å². The second-order valence-corrected chi connectivity index (χ2v) is 4.10. The molecule has 3 nitrogen and oxygen atoms in total. The number of nitrogens with one attached hydrogen (secondary N) is 1. The van der Waals surface area contributed by atoms with Crippen LogP contribution in [0.1, 0.15) is 24.5 Å². The molecule has 1 rings (SSSR count). The molecule has 0 spiro atoms. The van der Waals surface area contributed by atoms with Gasteiger partial charge in [-0.05, 0) is 24.6 Å². The van der Waals surface area contributed by atoms with Crippen molar-refractivity contribution in [2.24, 2.45) is 5.10 Å². The number of rotatable bonds is 3. The summed E-state index contributed by atoms with van der Waals surface area (Å²) in [5.74, 6) is -1.39. The molecule has 0 aliphatic rings. The van der Waals surface area contributed by atoms with Gasteiger partial charge >= 0.3 is 12.4 Å². The van der Waals surface area contributed by atoms with E-state index in [0.717, 1.165) is 18.2 Å². The maximum absolute atomic E-state index is 12.5. The van der Waals surface area contributed by atoms with E-state index in [1.165, 1.54) is 13.0 Å². The summed E-state index contributed by atoms with van der Waals surface area (Å²) in [4.78, 5) is 10.9. The molecule has 1 amide bonds. The number of benzene rings is 1. The molecule has 0 saturated heterocycles. The van der Waals surface area contributed by atoms with E-state index >= 15 is 0 Å². The molecule has 0 aliphatic heterocycles. The highest BCUT2D eigenvalue weighted by atomic mass is 19.4. The van der Waals surface area contributed by atoms with Crippen LogP contribution in [0.15, 0.2) is 29.4 Å². The minimum Gasteiger partial charge on any atom is -0.273 e. The van der Waals surface area contributed by atoms with Crippen molar-refractivity contribution < 1.29 is 31.1 Å². The molecule has 21 heavy (non-hydrogen) atoms. The first kappa shape index (κ1) is 17.0. The van der Waals surface area contributed by atoms with Crippen LogP contribution < -0.4 is 5.43 Å². The van der Waals surface area contributed by atoms with Crippen LogP contribution in [0.3, 0.4) is 0 Å². The Balaban J connectivity index is 2.82. The summed E-state index contributed by atoms with van der Waals surface area (Å²) >= 11 is 0. The third-order valence-corrected chi connectivity index (χ3v) is 2.32. The second-order valence-electron chi connectivity index (χ2n) is 4.10. The summed E-state index contributed by atoms with van der Waals surface area (Å²) < 4.78 is 73.2. The molecule has 0 unspecified atom stereocenters. The highest BCUT2D eigenvalue weighted by Crippen LogP contribution is 2.29. The number of hydrogen-bond donors (Lipinski definition) is 1. The van der Waals surface area contributed by atoms with Gasteiger partial charge in [-0.15, -0.1) is 0 Å². The van der Waals surface area contributed by atoms with E-state index in [1.54, 1.807) is 5.43 Å². The minimum atomic E-state index is -4.68. The molecule has 0 radical (unpaired) electrons. The third kappa shape index (κ3) is 5.84. The Labute approximate surface area is 115 Å². The van der Waals surface area contributed by atoms with Crippen molar-refractivity contribution in [1.82, 2.24) is 5.43 Å². The maximum atomic E-state index is 12.5. The molecule has 0 heterocycles.